The van der Waals surface area contributed by atoms with Crippen LogP contribution < -0.4 is 0 Å². The van der Waals surface area contributed by atoms with Gasteiger partial charge in [-0.25, -0.2) is 4.79 Å². The molecule has 158 valence electrons. The fourth-order valence-electron chi connectivity index (χ4n) is 3.38. The van der Waals surface area contributed by atoms with Crippen LogP contribution in [0, 0.1) is 12.8 Å². The van der Waals surface area contributed by atoms with E-state index in [1.54, 1.807) is 43.0 Å². The number of aryl methyl sites for hydroxylation is 1. The molecule has 2 aromatic rings. The zero-order chi connectivity index (χ0) is 21.7. The lowest BCUT2D eigenvalue weighted by Crippen LogP contribution is -2.43. The van der Waals surface area contributed by atoms with E-state index in [2.05, 4.69) is 0 Å². The van der Waals surface area contributed by atoms with Crippen molar-refractivity contribution >= 4 is 40.5 Å². The first-order valence-corrected chi connectivity index (χ1v) is 11.7. The van der Waals surface area contributed by atoms with Gasteiger partial charge in [-0.2, -0.15) is 0 Å². The van der Waals surface area contributed by atoms with Gasteiger partial charge in [0.2, 0.25) is 11.0 Å². The minimum atomic E-state index is -0.976. The highest BCUT2D eigenvalue weighted by Gasteiger charge is 2.41. The summed E-state index contributed by atoms with van der Waals surface area (Å²) >= 11 is 2.71. The smallest absolute Gasteiger partial charge is 0.326 e. The van der Waals surface area contributed by atoms with Gasteiger partial charge in [-0.1, -0.05) is 66.7 Å². The van der Waals surface area contributed by atoms with Gasteiger partial charge in [0, 0.05) is 33.9 Å². The van der Waals surface area contributed by atoms with Crippen molar-refractivity contribution < 1.29 is 19.5 Å². The van der Waals surface area contributed by atoms with Crippen molar-refractivity contribution in [3.63, 3.8) is 0 Å². The fraction of sp³-hybridized carbons (Fsp3) is 0.348. The van der Waals surface area contributed by atoms with Crippen molar-refractivity contribution in [1.82, 2.24) is 4.90 Å². The quantitative estimate of drug-likeness (QED) is 0.686. The van der Waals surface area contributed by atoms with E-state index in [4.69, 9.17) is 0 Å². The van der Waals surface area contributed by atoms with Crippen LogP contribution in [0.5, 0.6) is 0 Å². The molecule has 0 aromatic heterocycles. The molecule has 1 saturated heterocycles. The predicted octanol–water partition coefficient (Wildman–Crippen LogP) is 4.35. The lowest BCUT2D eigenvalue weighted by molar-refractivity contribution is -0.149. The number of carboxylic acids is 1. The topological polar surface area (TPSA) is 74.7 Å². The third-order valence-corrected chi connectivity index (χ3v) is 7.43. The Morgan fingerprint density at radius 1 is 1.10 bits per heavy atom. The van der Waals surface area contributed by atoms with E-state index >= 15 is 0 Å². The standard InChI is InChI=1S/C23H25NO4S2/c1-15-8-10-18(11-9-15)30-19-12-20(22(26)27)24(13-19)21(25)16(2)14-29-23(28)17-6-4-3-5-7-17/h3-11,16,19-20H,12-14H2,1-2H3,(H,26,27)/t16?,19-,20-/m0/s1. The summed E-state index contributed by atoms with van der Waals surface area (Å²) in [4.78, 5) is 39.6. The highest BCUT2D eigenvalue weighted by Crippen LogP contribution is 2.34. The Bertz CT molecular complexity index is 901. The molecule has 7 heteroatoms. The number of aliphatic carboxylic acids is 1. The molecule has 2 aromatic carbocycles. The van der Waals surface area contributed by atoms with E-state index in [0.717, 1.165) is 16.7 Å². The SMILES string of the molecule is Cc1ccc(S[C@H]2C[C@@H](C(=O)O)N(C(=O)C(C)CSC(=O)c3ccccc3)C2)cc1. The van der Waals surface area contributed by atoms with Gasteiger partial charge in [-0.15, -0.1) is 11.8 Å². The monoisotopic (exact) mass is 443 g/mol. The number of rotatable bonds is 7. The molecule has 30 heavy (non-hydrogen) atoms. The Morgan fingerprint density at radius 2 is 1.77 bits per heavy atom. The first kappa shape index (κ1) is 22.4. The first-order valence-electron chi connectivity index (χ1n) is 9.84. The average molecular weight is 444 g/mol. The van der Waals surface area contributed by atoms with Gasteiger partial charge in [0.1, 0.15) is 6.04 Å². The van der Waals surface area contributed by atoms with Crippen molar-refractivity contribution in [2.75, 3.05) is 12.3 Å². The zero-order valence-electron chi connectivity index (χ0n) is 17.0. The van der Waals surface area contributed by atoms with E-state index in [1.165, 1.54) is 10.5 Å². The van der Waals surface area contributed by atoms with Gasteiger partial charge in [0.05, 0.1) is 0 Å². The predicted molar refractivity (Wildman–Crippen MR) is 121 cm³/mol. The van der Waals surface area contributed by atoms with Gasteiger partial charge >= 0.3 is 5.97 Å². The van der Waals surface area contributed by atoms with E-state index in [0.29, 0.717) is 24.3 Å². The molecule has 1 aliphatic heterocycles. The molecular weight excluding hydrogens is 418 g/mol. The van der Waals surface area contributed by atoms with Crippen LogP contribution in [0.2, 0.25) is 0 Å². The second-order valence-electron chi connectivity index (χ2n) is 7.50. The van der Waals surface area contributed by atoms with Crippen LogP contribution in [-0.4, -0.2) is 50.6 Å². The molecule has 1 aliphatic rings. The molecular formula is C23H25NO4S2. The Hall–Kier alpha value is -2.25. The summed E-state index contributed by atoms with van der Waals surface area (Å²) in [5.74, 6) is -1.29. The van der Waals surface area contributed by atoms with Crippen molar-refractivity contribution in [2.45, 2.75) is 36.5 Å². The lowest BCUT2D eigenvalue weighted by Gasteiger charge is -2.24. The normalized spacial score (nSPS) is 19.5. The number of nitrogens with zero attached hydrogens (tertiary/aromatic N) is 1. The summed E-state index contributed by atoms with van der Waals surface area (Å²) in [5, 5.41) is 9.59. The van der Waals surface area contributed by atoms with Gasteiger partial charge in [-0.3, -0.25) is 9.59 Å². The van der Waals surface area contributed by atoms with Crippen LogP contribution in [0.1, 0.15) is 29.3 Å². The number of carboxylic acid groups (broad SMARTS) is 1. The molecule has 5 nitrogen and oxygen atoms in total. The molecule has 1 amide bonds. The minimum Gasteiger partial charge on any atom is -0.480 e. The molecule has 1 fully saturated rings. The number of amides is 1. The third-order valence-electron chi connectivity index (χ3n) is 5.05. The number of hydrogen-bond donors (Lipinski definition) is 1. The van der Waals surface area contributed by atoms with E-state index in [-0.39, 0.29) is 16.3 Å². The minimum absolute atomic E-state index is 0.0311. The molecule has 1 heterocycles. The summed E-state index contributed by atoms with van der Waals surface area (Å²) in [6.07, 6.45) is 0.419. The summed E-state index contributed by atoms with van der Waals surface area (Å²) in [5.41, 5.74) is 1.77. The molecule has 0 radical (unpaired) electrons. The van der Waals surface area contributed by atoms with E-state index < -0.39 is 17.9 Å². The number of benzene rings is 2. The number of thioether (sulfide) groups is 2. The summed E-state index contributed by atoms with van der Waals surface area (Å²) in [6.45, 7) is 4.18. The molecule has 3 atom stereocenters. The number of carbonyl (C=O) groups is 3. The van der Waals surface area contributed by atoms with Crippen molar-refractivity contribution in [2.24, 2.45) is 5.92 Å². The maximum Gasteiger partial charge on any atom is 0.326 e. The van der Waals surface area contributed by atoms with Gasteiger partial charge in [-0.05, 0) is 25.5 Å². The largest absolute Gasteiger partial charge is 0.480 e. The molecule has 1 N–H and O–H groups in total. The fourth-order valence-corrected chi connectivity index (χ4v) is 5.42. The van der Waals surface area contributed by atoms with Crippen LogP contribution >= 0.6 is 23.5 Å². The van der Waals surface area contributed by atoms with Gasteiger partial charge in [0.25, 0.3) is 0 Å². The Labute approximate surface area is 185 Å². The van der Waals surface area contributed by atoms with Gasteiger partial charge in [0.15, 0.2) is 0 Å². The number of likely N-dealkylation sites (tertiary alicyclic amines) is 1. The zero-order valence-corrected chi connectivity index (χ0v) is 18.6. The highest BCUT2D eigenvalue weighted by atomic mass is 32.2. The number of hydrogen-bond acceptors (Lipinski definition) is 5. The highest BCUT2D eigenvalue weighted by molar-refractivity contribution is 8.14. The van der Waals surface area contributed by atoms with Crippen molar-refractivity contribution in [3.05, 3.63) is 65.7 Å². The summed E-state index contributed by atoms with van der Waals surface area (Å²) in [6, 6.07) is 16.2. The molecule has 0 aliphatic carbocycles. The second kappa shape index (κ2) is 10.2. The summed E-state index contributed by atoms with van der Waals surface area (Å²) < 4.78 is 0. The van der Waals surface area contributed by atoms with Crippen molar-refractivity contribution in [3.8, 4) is 0 Å². The van der Waals surface area contributed by atoms with Crippen LogP contribution in [0.3, 0.4) is 0 Å². The van der Waals surface area contributed by atoms with Crippen LogP contribution in [0.15, 0.2) is 59.5 Å². The Morgan fingerprint density at radius 3 is 2.40 bits per heavy atom. The van der Waals surface area contributed by atoms with E-state index in [1.807, 2.05) is 37.3 Å². The van der Waals surface area contributed by atoms with Crippen LogP contribution in [0.4, 0.5) is 0 Å². The molecule has 0 spiro atoms. The third kappa shape index (κ3) is 5.67. The van der Waals surface area contributed by atoms with Crippen LogP contribution in [0.25, 0.3) is 0 Å². The van der Waals surface area contributed by atoms with Crippen molar-refractivity contribution in [1.29, 1.82) is 0 Å². The average Bonchev–Trinajstić information content (AvgIpc) is 3.17. The second-order valence-corrected chi connectivity index (χ2v) is 9.87. The Kier molecular flexibility index (Phi) is 7.61. The maximum atomic E-state index is 13.0. The molecule has 0 bridgehead atoms. The van der Waals surface area contributed by atoms with E-state index in [9.17, 15) is 19.5 Å². The van der Waals surface area contributed by atoms with Gasteiger partial charge < -0.3 is 10.0 Å². The maximum absolute atomic E-state index is 13.0. The molecule has 0 saturated carbocycles. The molecule has 3 rings (SSSR count). The van der Waals surface area contributed by atoms with Crippen LogP contribution in [-0.2, 0) is 9.59 Å². The lowest BCUT2D eigenvalue weighted by atomic mass is 10.1. The molecule has 1 unspecified atom stereocenters. The number of carbonyl (C=O) groups excluding carboxylic acids is 2. The Balaban J connectivity index is 1.60. The summed E-state index contributed by atoms with van der Waals surface area (Å²) in [7, 11) is 0. The first-order chi connectivity index (χ1) is 14.3.